The molecular weight excluding hydrogens is 260 g/mol. The molecule has 0 bridgehead atoms. The van der Waals surface area contributed by atoms with Gasteiger partial charge in [-0.05, 0) is 44.4 Å². The van der Waals surface area contributed by atoms with Crippen LogP contribution in [0.2, 0.25) is 0 Å². The topological polar surface area (TPSA) is 44.1 Å². The van der Waals surface area contributed by atoms with E-state index in [1.54, 1.807) is 30.9 Å². The fraction of sp³-hybridized carbons (Fsp3) is 0.467. The Bertz CT molecular complexity index is 512. The third-order valence-corrected chi connectivity index (χ3v) is 3.67. The number of carbonyl (C=O) groups excluding carboxylic acids is 1. The van der Waals surface area contributed by atoms with Gasteiger partial charge in [-0.25, -0.2) is 0 Å². The first-order valence-electron chi connectivity index (χ1n) is 6.39. The highest BCUT2D eigenvalue weighted by atomic mass is 35.5. The zero-order chi connectivity index (χ0) is 14.0. The minimum Gasteiger partial charge on any atom is -0.317 e. The third-order valence-electron chi connectivity index (χ3n) is 3.36. The van der Waals surface area contributed by atoms with Gasteiger partial charge in [0.2, 0.25) is 0 Å². The second-order valence-electron chi connectivity index (χ2n) is 5.41. The van der Waals surface area contributed by atoms with Crippen LogP contribution in [0.25, 0.3) is 0 Å². The summed E-state index contributed by atoms with van der Waals surface area (Å²) in [7, 11) is 0. The molecule has 4 heteroatoms. The van der Waals surface area contributed by atoms with Crippen molar-refractivity contribution in [3.8, 4) is 6.07 Å². The Kier molecular flexibility index (Phi) is 3.82. The van der Waals surface area contributed by atoms with Crippen LogP contribution in [0, 0.1) is 11.3 Å². The maximum Gasteiger partial charge on any atom is 0.255 e. The van der Waals surface area contributed by atoms with Gasteiger partial charge in [0.15, 0.2) is 0 Å². The molecule has 1 aromatic carbocycles. The van der Waals surface area contributed by atoms with Crippen molar-refractivity contribution in [1.82, 2.24) is 4.90 Å². The van der Waals surface area contributed by atoms with Crippen molar-refractivity contribution in [3.63, 3.8) is 0 Å². The zero-order valence-corrected chi connectivity index (χ0v) is 11.9. The van der Waals surface area contributed by atoms with E-state index in [0.717, 1.165) is 18.4 Å². The number of halogens is 1. The molecule has 0 aromatic heterocycles. The number of rotatable bonds is 4. The Hall–Kier alpha value is -1.53. The van der Waals surface area contributed by atoms with Crippen LogP contribution < -0.4 is 0 Å². The van der Waals surface area contributed by atoms with E-state index >= 15 is 0 Å². The quantitative estimate of drug-likeness (QED) is 0.792. The molecular formula is C15H17ClN2O. The second kappa shape index (κ2) is 5.22. The van der Waals surface area contributed by atoms with Gasteiger partial charge in [0.1, 0.15) is 5.54 Å². The van der Waals surface area contributed by atoms with Crippen molar-refractivity contribution < 1.29 is 4.79 Å². The number of alkyl halides is 1. The number of hydrogen-bond acceptors (Lipinski definition) is 2. The van der Waals surface area contributed by atoms with Crippen LogP contribution in [0.15, 0.2) is 24.3 Å². The summed E-state index contributed by atoms with van der Waals surface area (Å²) < 4.78 is 0. The number of benzene rings is 1. The molecule has 0 aliphatic heterocycles. The number of nitrogens with zero attached hydrogens (tertiary/aromatic N) is 2. The van der Waals surface area contributed by atoms with E-state index in [0.29, 0.717) is 11.4 Å². The van der Waals surface area contributed by atoms with Crippen LogP contribution in [-0.4, -0.2) is 22.4 Å². The molecule has 0 saturated heterocycles. The van der Waals surface area contributed by atoms with Gasteiger partial charge in [0.05, 0.1) is 6.07 Å². The van der Waals surface area contributed by atoms with Crippen molar-refractivity contribution in [2.45, 2.75) is 44.1 Å². The second-order valence-corrected chi connectivity index (χ2v) is 5.67. The first kappa shape index (κ1) is 13.9. The highest BCUT2D eigenvalue weighted by Crippen LogP contribution is 2.34. The molecule has 100 valence electrons. The summed E-state index contributed by atoms with van der Waals surface area (Å²) in [6.45, 7) is 3.58. The van der Waals surface area contributed by atoms with E-state index in [1.165, 1.54) is 0 Å². The number of carbonyl (C=O) groups is 1. The summed E-state index contributed by atoms with van der Waals surface area (Å²) in [5, 5.41) is 9.26. The summed E-state index contributed by atoms with van der Waals surface area (Å²) in [4.78, 5) is 14.3. The Morgan fingerprint density at radius 3 is 2.42 bits per heavy atom. The number of nitriles is 1. The molecule has 1 amide bonds. The lowest BCUT2D eigenvalue weighted by atomic mass is 10.0. The Balaban J connectivity index is 2.27. The van der Waals surface area contributed by atoms with Gasteiger partial charge >= 0.3 is 0 Å². The van der Waals surface area contributed by atoms with Crippen LogP contribution in [-0.2, 0) is 5.88 Å². The van der Waals surface area contributed by atoms with Gasteiger partial charge in [-0.2, -0.15) is 5.26 Å². The molecule has 0 N–H and O–H groups in total. The highest BCUT2D eigenvalue weighted by Gasteiger charge is 2.42. The molecule has 0 heterocycles. The zero-order valence-electron chi connectivity index (χ0n) is 11.2. The van der Waals surface area contributed by atoms with E-state index in [-0.39, 0.29) is 11.9 Å². The van der Waals surface area contributed by atoms with Crippen LogP contribution in [0.5, 0.6) is 0 Å². The Morgan fingerprint density at radius 2 is 2.00 bits per heavy atom. The maximum atomic E-state index is 12.6. The standard InChI is InChI=1S/C15H17ClN2O/c1-15(2,10-17)18(13-7-8-13)14(19)12-5-3-11(9-16)4-6-12/h3-6,13H,7-9H2,1-2H3. The Labute approximate surface area is 118 Å². The lowest BCUT2D eigenvalue weighted by molar-refractivity contribution is 0.0615. The minimum atomic E-state index is -0.774. The molecule has 0 atom stereocenters. The van der Waals surface area contributed by atoms with E-state index < -0.39 is 5.54 Å². The fourth-order valence-corrected chi connectivity index (χ4v) is 2.32. The number of amides is 1. The molecule has 3 nitrogen and oxygen atoms in total. The minimum absolute atomic E-state index is 0.0739. The number of hydrogen-bond donors (Lipinski definition) is 0. The van der Waals surface area contributed by atoms with Crippen LogP contribution >= 0.6 is 11.6 Å². The van der Waals surface area contributed by atoms with Crippen molar-refractivity contribution >= 4 is 17.5 Å². The molecule has 19 heavy (non-hydrogen) atoms. The molecule has 0 unspecified atom stereocenters. The van der Waals surface area contributed by atoms with Gasteiger partial charge in [-0.3, -0.25) is 4.79 Å². The molecule has 1 fully saturated rings. The molecule has 0 radical (unpaired) electrons. The van der Waals surface area contributed by atoms with E-state index in [1.807, 2.05) is 12.1 Å². The highest BCUT2D eigenvalue weighted by molar-refractivity contribution is 6.17. The Morgan fingerprint density at radius 1 is 1.42 bits per heavy atom. The monoisotopic (exact) mass is 276 g/mol. The van der Waals surface area contributed by atoms with E-state index in [4.69, 9.17) is 11.6 Å². The van der Waals surface area contributed by atoms with E-state index in [2.05, 4.69) is 6.07 Å². The molecule has 1 aliphatic rings. The van der Waals surface area contributed by atoms with Crippen molar-refractivity contribution in [1.29, 1.82) is 5.26 Å². The normalized spacial score (nSPS) is 14.8. The van der Waals surface area contributed by atoms with Gasteiger partial charge in [0, 0.05) is 17.5 Å². The van der Waals surface area contributed by atoms with Crippen molar-refractivity contribution in [2.75, 3.05) is 0 Å². The van der Waals surface area contributed by atoms with Crippen molar-refractivity contribution in [3.05, 3.63) is 35.4 Å². The lowest BCUT2D eigenvalue weighted by Crippen LogP contribution is -2.48. The lowest BCUT2D eigenvalue weighted by Gasteiger charge is -2.33. The first-order chi connectivity index (χ1) is 8.99. The molecule has 1 saturated carbocycles. The molecule has 0 spiro atoms. The van der Waals surface area contributed by atoms with Gasteiger partial charge in [-0.1, -0.05) is 12.1 Å². The summed E-state index contributed by atoms with van der Waals surface area (Å²) in [5.74, 6) is 0.361. The van der Waals surface area contributed by atoms with Gasteiger partial charge in [-0.15, -0.1) is 11.6 Å². The average molecular weight is 277 g/mol. The SMILES string of the molecule is CC(C)(C#N)N(C(=O)c1ccc(CCl)cc1)C1CC1. The smallest absolute Gasteiger partial charge is 0.255 e. The third kappa shape index (κ3) is 2.90. The average Bonchev–Trinajstić information content (AvgIpc) is 3.23. The summed E-state index contributed by atoms with van der Waals surface area (Å²) in [6, 6.07) is 9.69. The van der Waals surface area contributed by atoms with Crippen LogP contribution in [0.4, 0.5) is 0 Å². The van der Waals surface area contributed by atoms with E-state index in [9.17, 15) is 10.1 Å². The summed E-state index contributed by atoms with van der Waals surface area (Å²) >= 11 is 5.74. The fourth-order valence-electron chi connectivity index (χ4n) is 2.14. The maximum absolute atomic E-state index is 12.6. The summed E-state index contributed by atoms with van der Waals surface area (Å²) in [6.07, 6.45) is 1.97. The first-order valence-corrected chi connectivity index (χ1v) is 6.93. The van der Waals surface area contributed by atoms with Crippen LogP contribution in [0.1, 0.15) is 42.6 Å². The van der Waals surface area contributed by atoms with Gasteiger partial charge < -0.3 is 4.90 Å². The molecule has 1 aromatic rings. The predicted octanol–water partition coefficient (Wildman–Crippen LogP) is 3.33. The van der Waals surface area contributed by atoms with Gasteiger partial charge in [0.25, 0.3) is 5.91 Å². The molecule has 2 rings (SSSR count). The van der Waals surface area contributed by atoms with Crippen LogP contribution in [0.3, 0.4) is 0 Å². The largest absolute Gasteiger partial charge is 0.317 e. The summed E-state index contributed by atoms with van der Waals surface area (Å²) in [5.41, 5.74) is 0.823. The van der Waals surface area contributed by atoms with Crippen molar-refractivity contribution in [2.24, 2.45) is 0 Å². The predicted molar refractivity (Wildman–Crippen MR) is 74.9 cm³/mol. The molecule has 1 aliphatic carbocycles.